The van der Waals surface area contributed by atoms with Gasteiger partial charge in [0, 0.05) is 26.7 Å². The first-order valence-corrected chi connectivity index (χ1v) is 8.95. The molecule has 0 bridgehead atoms. The Labute approximate surface area is 158 Å². The van der Waals surface area contributed by atoms with Crippen LogP contribution in [0, 0.1) is 5.92 Å². The van der Waals surface area contributed by atoms with E-state index >= 15 is 0 Å². The van der Waals surface area contributed by atoms with Crippen LogP contribution in [0.1, 0.15) is 11.1 Å². The van der Waals surface area contributed by atoms with E-state index in [0.29, 0.717) is 17.4 Å². The fraction of sp³-hybridized carbons (Fsp3) is 0.350. The number of carbonyl (C=O) groups excluding carboxylic acids is 1. The second-order valence-electron chi connectivity index (χ2n) is 6.41. The van der Waals surface area contributed by atoms with Crippen molar-refractivity contribution in [2.24, 2.45) is 5.92 Å². The Kier molecular flexibility index (Phi) is 6.01. The molecule has 2 aromatic carbocycles. The maximum absolute atomic E-state index is 11.5. The van der Waals surface area contributed by atoms with E-state index < -0.39 is 0 Å². The Hall–Kier alpha value is -2.24. The molecule has 5 nitrogen and oxygen atoms in total. The van der Waals surface area contributed by atoms with Gasteiger partial charge in [-0.1, -0.05) is 29.8 Å². The highest BCUT2D eigenvalue weighted by Gasteiger charge is 2.31. The van der Waals surface area contributed by atoms with E-state index in [-0.39, 0.29) is 11.8 Å². The van der Waals surface area contributed by atoms with Gasteiger partial charge in [-0.25, -0.2) is 0 Å². The number of amides is 1. The third kappa shape index (κ3) is 4.48. The summed E-state index contributed by atoms with van der Waals surface area (Å²) >= 11 is 6.13. The number of nitrogens with zero attached hydrogens (tertiary/aromatic N) is 1. The molecule has 1 heterocycles. The number of halogens is 1. The number of rotatable bonds is 7. The zero-order chi connectivity index (χ0) is 18.5. The lowest BCUT2D eigenvalue weighted by atomic mass is 9.98. The van der Waals surface area contributed by atoms with Gasteiger partial charge in [0.15, 0.2) is 0 Å². The molecule has 1 fully saturated rings. The SMILES string of the molecule is CNC(=O)C1CN(Cc2ccc(OCc3ccc(OC)c(Cl)c3)cc2)C1. The zero-order valence-corrected chi connectivity index (χ0v) is 15.8. The molecule has 0 aromatic heterocycles. The standard InChI is InChI=1S/C20H23ClN2O3/c1-22-20(24)16-11-23(12-16)10-14-3-6-17(7-4-14)26-13-15-5-8-19(25-2)18(21)9-15/h3-9,16H,10-13H2,1-2H3,(H,22,24). The first kappa shape index (κ1) is 18.5. The average molecular weight is 375 g/mol. The van der Waals surface area contributed by atoms with Crippen LogP contribution in [0.3, 0.4) is 0 Å². The van der Waals surface area contributed by atoms with Crippen molar-refractivity contribution in [2.45, 2.75) is 13.2 Å². The predicted molar refractivity (Wildman–Crippen MR) is 102 cm³/mol. The molecular weight excluding hydrogens is 352 g/mol. The van der Waals surface area contributed by atoms with Crippen LogP contribution in [0.15, 0.2) is 42.5 Å². The van der Waals surface area contributed by atoms with Gasteiger partial charge in [0.25, 0.3) is 0 Å². The van der Waals surface area contributed by atoms with Crippen molar-refractivity contribution in [3.05, 3.63) is 58.6 Å². The van der Waals surface area contributed by atoms with Crippen LogP contribution in [-0.2, 0) is 17.9 Å². The lowest BCUT2D eigenvalue weighted by molar-refractivity contribution is -0.129. The van der Waals surface area contributed by atoms with Crippen LogP contribution in [0.2, 0.25) is 5.02 Å². The number of hydrogen-bond acceptors (Lipinski definition) is 4. The molecular formula is C20H23ClN2O3. The molecule has 3 rings (SSSR count). The van der Waals surface area contributed by atoms with Crippen molar-refractivity contribution < 1.29 is 14.3 Å². The molecule has 2 aromatic rings. The summed E-state index contributed by atoms with van der Waals surface area (Å²) in [7, 11) is 3.28. The third-order valence-electron chi connectivity index (χ3n) is 4.53. The maximum atomic E-state index is 11.5. The minimum atomic E-state index is 0.124. The monoisotopic (exact) mass is 374 g/mol. The Balaban J connectivity index is 1.47. The molecule has 0 saturated carbocycles. The molecule has 0 atom stereocenters. The molecule has 26 heavy (non-hydrogen) atoms. The van der Waals surface area contributed by atoms with E-state index in [1.807, 2.05) is 30.3 Å². The fourth-order valence-electron chi connectivity index (χ4n) is 2.98. The van der Waals surface area contributed by atoms with Gasteiger partial charge in [0.05, 0.1) is 18.1 Å². The number of methoxy groups -OCH3 is 1. The summed E-state index contributed by atoms with van der Waals surface area (Å²) in [6.45, 7) is 2.93. The largest absolute Gasteiger partial charge is 0.495 e. The Morgan fingerprint density at radius 1 is 1.19 bits per heavy atom. The van der Waals surface area contributed by atoms with E-state index in [1.165, 1.54) is 5.56 Å². The van der Waals surface area contributed by atoms with Crippen LogP contribution < -0.4 is 14.8 Å². The minimum absolute atomic E-state index is 0.124. The van der Waals surface area contributed by atoms with Gasteiger partial charge in [-0.2, -0.15) is 0 Å². The Morgan fingerprint density at radius 2 is 1.88 bits per heavy atom. The van der Waals surface area contributed by atoms with Crippen molar-refractivity contribution in [2.75, 3.05) is 27.2 Å². The number of hydrogen-bond donors (Lipinski definition) is 1. The van der Waals surface area contributed by atoms with Gasteiger partial charge in [-0.05, 0) is 35.4 Å². The van der Waals surface area contributed by atoms with Gasteiger partial charge in [0.1, 0.15) is 18.1 Å². The molecule has 1 amide bonds. The summed E-state index contributed by atoms with van der Waals surface area (Å²) in [6.07, 6.45) is 0. The predicted octanol–water partition coefficient (Wildman–Crippen LogP) is 3.11. The number of ether oxygens (including phenoxy) is 2. The smallest absolute Gasteiger partial charge is 0.225 e. The Bertz CT molecular complexity index is 758. The van der Waals surface area contributed by atoms with Gasteiger partial charge in [-0.3, -0.25) is 9.69 Å². The second-order valence-corrected chi connectivity index (χ2v) is 6.81. The van der Waals surface area contributed by atoms with Crippen molar-refractivity contribution in [1.82, 2.24) is 10.2 Å². The highest BCUT2D eigenvalue weighted by atomic mass is 35.5. The van der Waals surface area contributed by atoms with E-state index in [9.17, 15) is 4.79 Å². The second kappa shape index (κ2) is 8.43. The van der Waals surface area contributed by atoms with E-state index in [4.69, 9.17) is 21.1 Å². The van der Waals surface area contributed by atoms with Crippen LogP contribution in [0.4, 0.5) is 0 Å². The number of benzene rings is 2. The maximum Gasteiger partial charge on any atom is 0.225 e. The minimum Gasteiger partial charge on any atom is -0.495 e. The highest BCUT2D eigenvalue weighted by molar-refractivity contribution is 6.32. The number of carbonyl (C=O) groups is 1. The van der Waals surface area contributed by atoms with Crippen LogP contribution in [0.5, 0.6) is 11.5 Å². The van der Waals surface area contributed by atoms with Gasteiger partial charge in [-0.15, -0.1) is 0 Å². The normalized spacial score (nSPS) is 14.6. The molecule has 0 spiro atoms. The average Bonchev–Trinajstić information content (AvgIpc) is 2.63. The van der Waals surface area contributed by atoms with Crippen molar-refractivity contribution in [3.63, 3.8) is 0 Å². The van der Waals surface area contributed by atoms with Crippen molar-refractivity contribution >= 4 is 17.5 Å². The summed E-state index contributed by atoms with van der Waals surface area (Å²) in [6, 6.07) is 13.7. The molecule has 138 valence electrons. The molecule has 1 N–H and O–H groups in total. The third-order valence-corrected chi connectivity index (χ3v) is 4.82. The molecule has 1 aliphatic heterocycles. The summed E-state index contributed by atoms with van der Waals surface area (Å²) < 4.78 is 11.0. The molecule has 0 unspecified atom stereocenters. The topological polar surface area (TPSA) is 50.8 Å². The Morgan fingerprint density at radius 3 is 2.50 bits per heavy atom. The van der Waals surface area contributed by atoms with E-state index in [2.05, 4.69) is 22.3 Å². The van der Waals surface area contributed by atoms with Gasteiger partial charge < -0.3 is 14.8 Å². The van der Waals surface area contributed by atoms with Crippen LogP contribution >= 0.6 is 11.6 Å². The lowest BCUT2D eigenvalue weighted by Gasteiger charge is -2.38. The molecule has 0 aliphatic carbocycles. The van der Waals surface area contributed by atoms with Gasteiger partial charge in [0.2, 0.25) is 5.91 Å². The summed E-state index contributed by atoms with van der Waals surface area (Å²) in [5.74, 6) is 1.72. The number of likely N-dealkylation sites (tertiary alicyclic amines) is 1. The van der Waals surface area contributed by atoms with E-state index in [1.54, 1.807) is 14.2 Å². The highest BCUT2D eigenvalue weighted by Crippen LogP contribution is 2.26. The van der Waals surface area contributed by atoms with Crippen molar-refractivity contribution in [1.29, 1.82) is 0 Å². The summed E-state index contributed by atoms with van der Waals surface area (Å²) in [4.78, 5) is 13.8. The quantitative estimate of drug-likeness (QED) is 0.809. The van der Waals surface area contributed by atoms with E-state index in [0.717, 1.165) is 30.9 Å². The molecule has 6 heteroatoms. The molecule has 0 radical (unpaired) electrons. The molecule has 1 saturated heterocycles. The number of nitrogens with one attached hydrogen (secondary N) is 1. The zero-order valence-electron chi connectivity index (χ0n) is 15.0. The fourth-order valence-corrected chi connectivity index (χ4v) is 3.26. The lowest BCUT2D eigenvalue weighted by Crippen LogP contribution is -2.52. The van der Waals surface area contributed by atoms with Crippen LogP contribution in [-0.4, -0.2) is 38.1 Å². The summed E-state index contributed by atoms with van der Waals surface area (Å²) in [5, 5.41) is 3.28. The van der Waals surface area contributed by atoms with Crippen LogP contribution in [0.25, 0.3) is 0 Å². The van der Waals surface area contributed by atoms with Gasteiger partial charge >= 0.3 is 0 Å². The summed E-state index contributed by atoms with van der Waals surface area (Å²) in [5.41, 5.74) is 2.20. The molecule has 1 aliphatic rings. The van der Waals surface area contributed by atoms with Crippen molar-refractivity contribution in [3.8, 4) is 11.5 Å². The first-order chi connectivity index (χ1) is 12.6. The first-order valence-electron chi connectivity index (χ1n) is 8.57.